The number of carbonyl (C=O) groups excluding carboxylic acids is 2. The normalized spacial score (nSPS) is 17.0. The molecule has 0 spiro atoms. The number of benzene rings is 1. The molecule has 0 N–H and O–H groups in total. The van der Waals surface area contributed by atoms with Crippen LogP contribution in [0.2, 0.25) is 5.15 Å². The highest BCUT2D eigenvalue weighted by Gasteiger charge is 2.28. The molecule has 3 heterocycles. The Morgan fingerprint density at radius 3 is 2.65 bits per heavy atom. The Labute approximate surface area is 209 Å². The number of thioether (sulfide) groups is 1. The predicted octanol–water partition coefficient (Wildman–Crippen LogP) is 3.67. The average Bonchev–Trinajstić information content (AvgIpc) is 2.88. The fourth-order valence-electron chi connectivity index (χ4n) is 4.11. The second-order valence-corrected chi connectivity index (χ2v) is 9.57. The number of ether oxygens (including phenoxy) is 2. The highest BCUT2D eigenvalue weighted by Crippen LogP contribution is 2.26. The molecule has 4 rings (SSSR count). The quantitative estimate of drug-likeness (QED) is 0.244. The van der Waals surface area contributed by atoms with Crippen LogP contribution < -0.4 is 4.90 Å². The molecule has 0 aliphatic carbocycles. The van der Waals surface area contributed by atoms with E-state index in [4.69, 9.17) is 21.1 Å². The van der Waals surface area contributed by atoms with E-state index < -0.39 is 0 Å². The van der Waals surface area contributed by atoms with Gasteiger partial charge in [0, 0.05) is 43.6 Å². The molecule has 2 fully saturated rings. The molecular formula is C24H29ClN4O4S. The van der Waals surface area contributed by atoms with Crippen LogP contribution in [0.15, 0.2) is 35.5 Å². The van der Waals surface area contributed by atoms with Gasteiger partial charge in [-0.2, -0.15) is 0 Å². The first-order chi connectivity index (χ1) is 16.5. The third kappa shape index (κ3) is 6.40. The topological polar surface area (TPSA) is 84.9 Å². The minimum absolute atomic E-state index is 0.0113. The van der Waals surface area contributed by atoms with Crippen molar-refractivity contribution >= 4 is 41.1 Å². The predicted molar refractivity (Wildman–Crippen MR) is 131 cm³/mol. The van der Waals surface area contributed by atoms with E-state index in [0.29, 0.717) is 67.4 Å². The van der Waals surface area contributed by atoms with Crippen LogP contribution in [0.3, 0.4) is 0 Å². The van der Waals surface area contributed by atoms with Crippen LogP contribution in [0.25, 0.3) is 0 Å². The van der Waals surface area contributed by atoms with Gasteiger partial charge in [-0.25, -0.2) is 9.97 Å². The zero-order valence-corrected chi connectivity index (χ0v) is 20.8. The maximum atomic E-state index is 13.0. The third-order valence-electron chi connectivity index (χ3n) is 5.94. The SMILES string of the molecule is CCOC(=O)C1CCN(C(=O)c2cccc(CSc3nc(Cl)cc(N4CCOCC4)n3)c2)CC1. The minimum Gasteiger partial charge on any atom is -0.466 e. The van der Waals surface area contributed by atoms with E-state index in [2.05, 4.69) is 14.9 Å². The Morgan fingerprint density at radius 2 is 1.91 bits per heavy atom. The number of hydrogen-bond donors (Lipinski definition) is 0. The fourth-order valence-corrected chi connectivity index (χ4v) is 5.13. The number of esters is 1. The summed E-state index contributed by atoms with van der Waals surface area (Å²) in [6.07, 6.45) is 1.27. The van der Waals surface area contributed by atoms with Gasteiger partial charge in [0.2, 0.25) is 0 Å². The monoisotopic (exact) mass is 504 g/mol. The summed E-state index contributed by atoms with van der Waals surface area (Å²) in [4.78, 5) is 38.0. The van der Waals surface area contributed by atoms with Gasteiger partial charge in [0.05, 0.1) is 25.7 Å². The molecule has 2 aromatic rings. The van der Waals surface area contributed by atoms with Crippen LogP contribution in [0.1, 0.15) is 35.7 Å². The first-order valence-corrected chi connectivity index (χ1v) is 12.9. The maximum Gasteiger partial charge on any atom is 0.309 e. The number of halogens is 1. The maximum absolute atomic E-state index is 13.0. The van der Waals surface area contributed by atoms with Crippen molar-refractivity contribution in [3.8, 4) is 0 Å². The van der Waals surface area contributed by atoms with Crippen molar-refractivity contribution in [3.05, 3.63) is 46.6 Å². The third-order valence-corrected chi connectivity index (χ3v) is 7.05. The van der Waals surface area contributed by atoms with E-state index in [1.807, 2.05) is 36.1 Å². The molecule has 2 aliphatic heterocycles. The van der Waals surface area contributed by atoms with Crippen LogP contribution in [-0.2, 0) is 20.0 Å². The lowest BCUT2D eigenvalue weighted by atomic mass is 9.96. The second kappa shape index (κ2) is 11.9. The van der Waals surface area contributed by atoms with E-state index in [1.165, 1.54) is 11.8 Å². The molecule has 34 heavy (non-hydrogen) atoms. The summed E-state index contributed by atoms with van der Waals surface area (Å²) < 4.78 is 10.5. The highest BCUT2D eigenvalue weighted by atomic mass is 35.5. The number of likely N-dealkylation sites (tertiary alicyclic amines) is 1. The molecule has 1 aromatic carbocycles. The Hall–Kier alpha value is -2.36. The molecule has 0 unspecified atom stereocenters. The standard InChI is InChI=1S/C24H29ClN4O4S/c1-2-33-23(31)18-6-8-29(9-7-18)22(30)19-5-3-4-17(14-19)16-34-24-26-20(25)15-21(27-24)28-10-12-32-13-11-28/h3-5,14-15,18H,2,6-13,16H2,1H3. The zero-order chi connectivity index (χ0) is 23.9. The van der Waals surface area contributed by atoms with Gasteiger partial charge >= 0.3 is 5.97 Å². The summed E-state index contributed by atoms with van der Waals surface area (Å²) in [6.45, 7) is 6.21. The van der Waals surface area contributed by atoms with Crippen LogP contribution in [0.4, 0.5) is 5.82 Å². The number of piperidine rings is 1. The number of nitrogens with zero attached hydrogens (tertiary/aromatic N) is 4. The molecule has 1 aromatic heterocycles. The Balaban J connectivity index is 1.35. The van der Waals surface area contributed by atoms with Crippen molar-refractivity contribution in [2.45, 2.75) is 30.7 Å². The van der Waals surface area contributed by atoms with Crippen LogP contribution in [0, 0.1) is 5.92 Å². The van der Waals surface area contributed by atoms with Crippen molar-refractivity contribution in [1.29, 1.82) is 0 Å². The highest BCUT2D eigenvalue weighted by molar-refractivity contribution is 7.98. The molecule has 2 saturated heterocycles. The van der Waals surface area contributed by atoms with Gasteiger partial charge in [-0.1, -0.05) is 35.5 Å². The van der Waals surface area contributed by atoms with Crippen molar-refractivity contribution in [2.75, 3.05) is 50.9 Å². The molecule has 0 saturated carbocycles. The van der Waals surface area contributed by atoms with Crippen LogP contribution >= 0.6 is 23.4 Å². The van der Waals surface area contributed by atoms with Crippen molar-refractivity contribution < 1.29 is 19.1 Å². The van der Waals surface area contributed by atoms with Gasteiger partial charge in [-0.3, -0.25) is 9.59 Å². The molecule has 0 atom stereocenters. The number of carbonyl (C=O) groups is 2. The Morgan fingerprint density at radius 1 is 1.15 bits per heavy atom. The lowest BCUT2D eigenvalue weighted by Crippen LogP contribution is -2.40. The largest absolute Gasteiger partial charge is 0.466 e. The molecule has 8 nitrogen and oxygen atoms in total. The van der Waals surface area contributed by atoms with E-state index in [-0.39, 0.29) is 17.8 Å². The summed E-state index contributed by atoms with van der Waals surface area (Å²) in [7, 11) is 0. The molecular weight excluding hydrogens is 476 g/mol. The number of anilines is 1. The van der Waals surface area contributed by atoms with Crippen molar-refractivity contribution in [2.24, 2.45) is 5.92 Å². The molecule has 10 heteroatoms. The van der Waals surface area contributed by atoms with Gasteiger partial charge in [0.15, 0.2) is 5.16 Å². The van der Waals surface area contributed by atoms with Crippen molar-refractivity contribution in [3.63, 3.8) is 0 Å². The number of aromatic nitrogens is 2. The van der Waals surface area contributed by atoms with Crippen molar-refractivity contribution in [1.82, 2.24) is 14.9 Å². The zero-order valence-electron chi connectivity index (χ0n) is 19.2. The summed E-state index contributed by atoms with van der Waals surface area (Å²) in [5.74, 6) is 1.14. The van der Waals surface area contributed by atoms with E-state index in [9.17, 15) is 9.59 Å². The molecule has 182 valence electrons. The molecule has 0 bridgehead atoms. The van der Waals surface area contributed by atoms with Gasteiger partial charge < -0.3 is 19.3 Å². The van der Waals surface area contributed by atoms with Gasteiger partial charge in [-0.15, -0.1) is 0 Å². The molecule has 2 aliphatic rings. The van der Waals surface area contributed by atoms with E-state index in [0.717, 1.165) is 24.5 Å². The first-order valence-electron chi connectivity index (χ1n) is 11.6. The minimum atomic E-state index is -0.159. The van der Waals surface area contributed by atoms with Crippen LogP contribution in [-0.4, -0.2) is 72.7 Å². The fraction of sp³-hybridized carbons (Fsp3) is 0.500. The molecule has 1 amide bonds. The Kier molecular flexibility index (Phi) is 8.64. The lowest BCUT2D eigenvalue weighted by Gasteiger charge is -2.31. The van der Waals surface area contributed by atoms with Gasteiger partial charge in [-0.05, 0) is 37.5 Å². The first kappa shape index (κ1) is 24.8. The number of amides is 1. The molecule has 0 radical (unpaired) electrons. The van der Waals surface area contributed by atoms with Gasteiger partial charge in [0.25, 0.3) is 5.91 Å². The second-order valence-electron chi connectivity index (χ2n) is 8.24. The number of hydrogen-bond acceptors (Lipinski definition) is 8. The van der Waals surface area contributed by atoms with Crippen LogP contribution in [0.5, 0.6) is 0 Å². The summed E-state index contributed by atoms with van der Waals surface area (Å²) in [5.41, 5.74) is 1.66. The summed E-state index contributed by atoms with van der Waals surface area (Å²) in [6, 6.07) is 9.42. The number of morpholine rings is 1. The average molecular weight is 505 g/mol. The lowest BCUT2D eigenvalue weighted by molar-refractivity contribution is -0.149. The van der Waals surface area contributed by atoms with E-state index >= 15 is 0 Å². The Bertz CT molecular complexity index is 1010. The number of rotatable bonds is 7. The smallest absolute Gasteiger partial charge is 0.309 e. The van der Waals surface area contributed by atoms with Gasteiger partial charge in [0.1, 0.15) is 11.0 Å². The summed E-state index contributed by atoms with van der Waals surface area (Å²) >= 11 is 7.74. The summed E-state index contributed by atoms with van der Waals surface area (Å²) in [5, 5.41) is 1.01. The van der Waals surface area contributed by atoms with E-state index in [1.54, 1.807) is 6.07 Å².